The smallest absolute Gasteiger partial charge is 0.225 e. The molecule has 100 valence electrons. The molecular weight excluding hydrogens is 226 g/mol. The first-order valence-electron chi connectivity index (χ1n) is 6.59. The van der Waals surface area contributed by atoms with E-state index in [1.807, 2.05) is 12.4 Å². The summed E-state index contributed by atoms with van der Waals surface area (Å²) < 4.78 is 5.72. The maximum Gasteiger partial charge on any atom is 0.225 e. The normalized spacial score (nSPS) is 25.3. The highest BCUT2D eigenvalue weighted by molar-refractivity contribution is 5.32. The molecule has 0 aromatic carbocycles. The molecule has 0 bridgehead atoms. The summed E-state index contributed by atoms with van der Waals surface area (Å²) in [6.07, 6.45) is 4.35. The molecule has 1 aromatic rings. The van der Waals surface area contributed by atoms with Gasteiger partial charge in [0, 0.05) is 25.5 Å². The summed E-state index contributed by atoms with van der Waals surface area (Å²) in [5.41, 5.74) is 1.27. The fourth-order valence-corrected chi connectivity index (χ4v) is 2.21. The number of rotatable bonds is 1. The molecule has 4 nitrogen and oxygen atoms in total. The van der Waals surface area contributed by atoms with E-state index in [1.54, 1.807) is 0 Å². The molecule has 18 heavy (non-hydrogen) atoms. The highest BCUT2D eigenvalue weighted by Gasteiger charge is 2.24. The molecular formula is C14H23N3O. The summed E-state index contributed by atoms with van der Waals surface area (Å²) >= 11 is 0. The van der Waals surface area contributed by atoms with Crippen LogP contribution in [0.25, 0.3) is 0 Å². The van der Waals surface area contributed by atoms with Gasteiger partial charge in [0.1, 0.15) is 0 Å². The van der Waals surface area contributed by atoms with Crippen LogP contribution < -0.4 is 4.90 Å². The highest BCUT2D eigenvalue weighted by atomic mass is 16.5. The molecule has 0 N–H and O–H groups in total. The predicted molar refractivity (Wildman–Crippen MR) is 73.0 cm³/mol. The molecule has 1 saturated heterocycles. The Bertz CT molecular complexity index is 386. The van der Waals surface area contributed by atoms with Gasteiger partial charge in [-0.05, 0) is 24.8 Å². The molecule has 0 spiro atoms. The average Bonchev–Trinajstić information content (AvgIpc) is 2.27. The van der Waals surface area contributed by atoms with E-state index in [4.69, 9.17) is 4.74 Å². The number of morpholine rings is 1. The molecule has 2 unspecified atom stereocenters. The fourth-order valence-electron chi connectivity index (χ4n) is 2.21. The van der Waals surface area contributed by atoms with Crippen molar-refractivity contribution in [3.8, 4) is 0 Å². The summed E-state index contributed by atoms with van der Waals surface area (Å²) in [5, 5.41) is 0. The van der Waals surface area contributed by atoms with Crippen molar-refractivity contribution in [3.63, 3.8) is 0 Å². The zero-order valence-corrected chi connectivity index (χ0v) is 12.0. The lowest BCUT2D eigenvalue weighted by molar-refractivity contribution is -0.00572. The van der Waals surface area contributed by atoms with Crippen molar-refractivity contribution in [2.24, 2.45) is 0 Å². The van der Waals surface area contributed by atoms with Gasteiger partial charge in [0.15, 0.2) is 0 Å². The zero-order valence-electron chi connectivity index (χ0n) is 12.0. The lowest BCUT2D eigenvalue weighted by Crippen LogP contribution is -2.46. The maximum atomic E-state index is 5.72. The van der Waals surface area contributed by atoms with Gasteiger partial charge in [0.05, 0.1) is 12.2 Å². The van der Waals surface area contributed by atoms with E-state index < -0.39 is 0 Å². The number of anilines is 1. The van der Waals surface area contributed by atoms with E-state index in [-0.39, 0.29) is 17.6 Å². The Kier molecular flexibility index (Phi) is 3.57. The lowest BCUT2D eigenvalue weighted by atomic mass is 9.89. The van der Waals surface area contributed by atoms with Crippen molar-refractivity contribution in [1.82, 2.24) is 9.97 Å². The Labute approximate surface area is 109 Å². The van der Waals surface area contributed by atoms with Gasteiger partial charge < -0.3 is 9.64 Å². The quantitative estimate of drug-likeness (QED) is 0.766. The molecule has 0 amide bonds. The van der Waals surface area contributed by atoms with Gasteiger partial charge in [0.2, 0.25) is 5.95 Å². The van der Waals surface area contributed by atoms with E-state index >= 15 is 0 Å². The van der Waals surface area contributed by atoms with Crippen molar-refractivity contribution in [2.75, 3.05) is 18.0 Å². The number of ether oxygens (including phenoxy) is 1. The largest absolute Gasteiger partial charge is 0.372 e. The van der Waals surface area contributed by atoms with Crippen LogP contribution >= 0.6 is 0 Å². The van der Waals surface area contributed by atoms with E-state index in [1.165, 1.54) is 5.56 Å². The molecule has 2 heterocycles. The van der Waals surface area contributed by atoms with Crippen LogP contribution in [-0.4, -0.2) is 35.3 Å². The molecule has 0 aliphatic carbocycles. The summed E-state index contributed by atoms with van der Waals surface area (Å²) in [7, 11) is 0. The highest BCUT2D eigenvalue weighted by Crippen LogP contribution is 2.22. The van der Waals surface area contributed by atoms with E-state index in [9.17, 15) is 0 Å². The van der Waals surface area contributed by atoms with Crippen LogP contribution in [0.15, 0.2) is 12.4 Å². The minimum absolute atomic E-state index is 0.101. The van der Waals surface area contributed by atoms with E-state index in [2.05, 4.69) is 49.5 Å². The maximum absolute atomic E-state index is 5.72. The van der Waals surface area contributed by atoms with Gasteiger partial charge in [-0.3, -0.25) is 0 Å². The van der Waals surface area contributed by atoms with Crippen LogP contribution in [0.5, 0.6) is 0 Å². The number of hydrogen-bond acceptors (Lipinski definition) is 4. The Morgan fingerprint density at radius 2 is 1.61 bits per heavy atom. The molecule has 1 fully saturated rings. The first-order chi connectivity index (χ1) is 8.36. The Morgan fingerprint density at radius 3 is 2.06 bits per heavy atom. The summed E-state index contributed by atoms with van der Waals surface area (Å²) in [4.78, 5) is 11.2. The first-order valence-corrected chi connectivity index (χ1v) is 6.59. The second kappa shape index (κ2) is 4.84. The average molecular weight is 249 g/mol. The third-order valence-corrected chi connectivity index (χ3v) is 3.21. The third kappa shape index (κ3) is 2.99. The zero-order chi connectivity index (χ0) is 13.3. The number of nitrogens with zero attached hydrogens (tertiary/aromatic N) is 3. The molecule has 0 saturated carbocycles. The SMILES string of the molecule is CC1CN(c2ncc(C(C)(C)C)cn2)CC(C)O1. The van der Waals surface area contributed by atoms with Crippen molar-refractivity contribution in [1.29, 1.82) is 0 Å². The standard InChI is InChI=1S/C14H23N3O/c1-10-8-17(9-11(2)18-10)13-15-6-12(7-16-13)14(3,4)5/h6-7,10-11H,8-9H2,1-5H3. The third-order valence-electron chi connectivity index (χ3n) is 3.21. The molecule has 4 heteroatoms. The summed E-state index contributed by atoms with van der Waals surface area (Å²) in [6, 6.07) is 0. The van der Waals surface area contributed by atoms with Crippen LogP contribution in [0.4, 0.5) is 5.95 Å². The first kappa shape index (κ1) is 13.3. The molecule has 1 aliphatic rings. The van der Waals surface area contributed by atoms with E-state index in [0.29, 0.717) is 0 Å². The number of hydrogen-bond donors (Lipinski definition) is 0. The van der Waals surface area contributed by atoms with Crippen LogP contribution in [0.1, 0.15) is 40.2 Å². The fraction of sp³-hybridized carbons (Fsp3) is 0.714. The minimum atomic E-state index is 0.101. The van der Waals surface area contributed by atoms with Crippen molar-refractivity contribution < 1.29 is 4.74 Å². The second-order valence-electron chi connectivity index (χ2n) is 6.18. The molecule has 1 aromatic heterocycles. The molecule has 2 rings (SSSR count). The van der Waals surface area contributed by atoms with Gasteiger partial charge in [-0.25, -0.2) is 9.97 Å². The van der Waals surface area contributed by atoms with Gasteiger partial charge >= 0.3 is 0 Å². The van der Waals surface area contributed by atoms with Crippen LogP contribution in [-0.2, 0) is 10.2 Å². The summed E-state index contributed by atoms with van der Waals surface area (Å²) in [6.45, 7) is 12.4. The van der Waals surface area contributed by atoms with Gasteiger partial charge in [0.25, 0.3) is 0 Å². The Hall–Kier alpha value is -1.16. The van der Waals surface area contributed by atoms with Crippen molar-refractivity contribution in [2.45, 2.75) is 52.2 Å². The van der Waals surface area contributed by atoms with Crippen LogP contribution in [0.2, 0.25) is 0 Å². The van der Waals surface area contributed by atoms with Crippen molar-refractivity contribution >= 4 is 5.95 Å². The Morgan fingerprint density at radius 1 is 1.11 bits per heavy atom. The van der Waals surface area contributed by atoms with Crippen LogP contribution in [0, 0.1) is 0 Å². The topological polar surface area (TPSA) is 38.2 Å². The predicted octanol–water partition coefficient (Wildman–Crippen LogP) is 2.39. The van der Waals surface area contributed by atoms with Crippen LogP contribution in [0.3, 0.4) is 0 Å². The monoisotopic (exact) mass is 249 g/mol. The summed E-state index contributed by atoms with van der Waals surface area (Å²) in [5.74, 6) is 0.810. The van der Waals surface area contributed by atoms with E-state index in [0.717, 1.165) is 19.0 Å². The van der Waals surface area contributed by atoms with Gasteiger partial charge in [-0.1, -0.05) is 20.8 Å². The van der Waals surface area contributed by atoms with Gasteiger partial charge in [-0.15, -0.1) is 0 Å². The van der Waals surface area contributed by atoms with Crippen molar-refractivity contribution in [3.05, 3.63) is 18.0 Å². The molecule has 1 aliphatic heterocycles. The Balaban J connectivity index is 2.14. The minimum Gasteiger partial charge on any atom is -0.372 e. The number of aromatic nitrogens is 2. The lowest BCUT2D eigenvalue weighted by Gasteiger charge is -2.35. The second-order valence-corrected chi connectivity index (χ2v) is 6.18. The van der Waals surface area contributed by atoms with Gasteiger partial charge in [-0.2, -0.15) is 0 Å². The molecule has 0 radical (unpaired) electrons. The molecule has 2 atom stereocenters.